The number of nitrogens with one attached hydrogen (secondary N) is 1. The van der Waals surface area contributed by atoms with E-state index >= 15 is 0 Å². The molecule has 0 atom stereocenters. The molecule has 3 N–H and O–H groups in total. The Morgan fingerprint density at radius 1 is 1.42 bits per heavy atom. The molecular formula is C12H17N3O3S. The number of hydrogen-bond acceptors (Lipinski definition) is 6. The molecule has 0 saturated heterocycles. The summed E-state index contributed by atoms with van der Waals surface area (Å²) in [6.45, 7) is 0. The summed E-state index contributed by atoms with van der Waals surface area (Å²) in [7, 11) is 0. The highest BCUT2D eigenvalue weighted by molar-refractivity contribution is 7.98. The molecule has 0 aromatic carbocycles. The van der Waals surface area contributed by atoms with Crippen molar-refractivity contribution in [2.24, 2.45) is 0 Å². The van der Waals surface area contributed by atoms with Gasteiger partial charge >= 0.3 is 5.97 Å². The van der Waals surface area contributed by atoms with Gasteiger partial charge in [-0.1, -0.05) is 11.8 Å². The molecule has 1 aromatic heterocycles. The van der Waals surface area contributed by atoms with Crippen molar-refractivity contribution in [2.75, 3.05) is 11.6 Å². The van der Waals surface area contributed by atoms with Crippen LogP contribution >= 0.6 is 11.8 Å². The number of anilines is 1. The Morgan fingerprint density at radius 3 is 2.68 bits per heavy atom. The number of aliphatic hydroxyl groups excluding tert-OH is 1. The van der Waals surface area contributed by atoms with Gasteiger partial charge in [0.2, 0.25) is 0 Å². The van der Waals surface area contributed by atoms with Crippen LogP contribution in [0.1, 0.15) is 36.0 Å². The van der Waals surface area contributed by atoms with Crippen molar-refractivity contribution in [2.45, 2.75) is 43.0 Å². The first kappa shape index (κ1) is 14.1. The molecule has 19 heavy (non-hydrogen) atoms. The van der Waals surface area contributed by atoms with Gasteiger partial charge in [0, 0.05) is 12.2 Å². The second kappa shape index (κ2) is 6.21. The molecular weight excluding hydrogens is 266 g/mol. The molecule has 1 saturated carbocycles. The zero-order valence-electron chi connectivity index (χ0n) is 10.7. The van der Waals surface area contributed by atoms with Gasteiger partial charge in [-0.25, -0.2) is 14.8 Å². The molecule has 0 bridgehead atoms. The van der Waals surface area contributed by atoms with E-state index in [0.717, 1.165) is 25.7 Å². The van der Waals surface area contributed by atoms with Crippen molar-refractivity contribution >= 4 is 23.5 Å². The molecule has 1 aliphatic carbocycles. The third-order valence-corrected chi connectivity index (χ3v) is 3.78. The summed E-state index contributed by atoms with van der Waals surface area (Å²) in [5.41, 5.74) is 0.0870. The molecule has 1 aliphatic rings. The minimum absolute atomic E-state index is 0.0870. The van der Waals surface area contributed by atoms with Crippen LogP contribution in [0.4, 0.5) is 5.82 Å². The first-order chi connectivity index (χ1) is 9.10. The van der Waals surface area contributed by atoms with Gasteiger partial charge < -0.3 is 15.5 Å². The molecule has 0 amide bonds. The second-order valence-corrected chi connectivity index (χ2v) is 5.35. The molecule has 1 heterocycles. The molecule has 7 heteroatoms. The Labute approximate surface area is 115 Å². The summed E-state index contributed by atoms with van der Waals surface area (Å²) >= 11 is 1.37. The Morgan fingerprint density at radius 2 is 2.11 bits per heavy atom. The van der Waals surface area contributed by atoms with Gasteiger partial charge in [0.25, 0.3) is 0 Å². The quantitative estimate of drug-likeness (QED) is 0.570. The average molecular weight is 283 g/mol. The van der Waals surface area contributed by atoms with Crippen LogP contribution in [-0.2, 0) is 0 Å². The van der Waals surface area contributed by atoms with Gasteiger partial charge in [-0.2, -0.15) is 0 Å². The lowest BCUT2D eigenvalue weighted by molar-refractivity contribution is 0.0696. The van der Waals surface area contributed by atoms with Crippen LogP contribution in [0.2, 0.25) is 0 Å². The molecule has 0 unspecified atom stereocenters. The lowest BCUT2D eigenvalue weighted by atomic mass is 9.93. The summed E-state index contributed by atoms with van der Waals surface area (Å²) in [5.74, 6) is -0.667. The number of rotatable bonds is 4. The Bertz CT molecular complexity index is 462. The summed E-state index contributed by atoms with van der Waals surface area (Å²) in [6.07, 6.45) is 6.06. The van der Waals surface area contributed by atoms with E-state index < -0.39 is 5.97 Å². The minimum atomic E-state index is -1.04. The van der Waals surface area contributed by atoms with Gasteiger partial charge in [0.15, 0.2) is 5.16 Å². The number of carboxylic acid groups (broad SMARTS) is 1. The fourth-order valence-electron chi connectivity index (χ4n) is 2.14. The van der Waals surface area contributed by atoms with Crippen molar-refractivity contribution in [3.63, 3.8) is 0 Å². The molecule has 0 spiro atoms. The third kappa shape index (κ3) is 3.57. The molecule has 2 rings (SSSR count). The smallest absolute Gasteiger partial charge is 0.341 e. The van der Waals surface area contributed by atoms with E-state index in [0.29, 0.717) is 11.0 Å². The van der Waals surface area contributed by atoms with Crippen LogP contribution < -0.4 is 5.32 Å². The maximum atomic E-state index is 11.1. The highest BCUT2D eigenvalue weighted by Gasteiger charge is 2.22. The van der Waals surface area contributed by atoms with Crippen LogP contribution in [0.15, 0.2) is 11.4 Å². The third-order valence-electron chi connectivity index (χ3n) is 3.22. The number of thioether (sulfide) groups is 1. The Balaban J connectivity index is 2.15. The minimum Gasteiger partial charge on any atom is -0.477 e. The van der Waals surface area contributed by atoms with E-state index in [2.05, 4.69) is 15.3 Å². The van der Waals surface area contributed by atoms with E-state index in [-0.39, 0.29) is 17.7 Å². The highest BCUT2D eigenvalue weighted by atomic mass is 32.2. The maximum absolute atomic E-state index is 11.1. The van der Waals surface area contributed by atoms with Crippen molar-refractivity contribution in [3.8, 4) is 0 Å². The summed E-state index contributed by atoms with van der Waals surface area (Å²) in [6, 6.07) is 0.158. The predicted octanol–water partition coefficient (Wildman–Crippen LogP) is 1.61. The first-order valence-corrected chi connectivity index (χ1v) is 7.41. The number of aliphatic hydroxyl groups is 1. The van der Waals surface area contributed by atoms with Crippen molar-refractivity contribution in [1.29, 1.82) is 0 Å². The molecule has 6 nitrogen and oxygen atoms in total. The summed E-state index contributed by atoms with van der Waals surface area (Å²) < 4.78 is 0. The molecule has 104 valence electrons. The average Bonchev–Trinajstić information content (AvgIpc) is 2.41. The molecule has 0 aliphatic heterocycles. The second-order valence-electron chi connectivity index (χ2n) is 4.57. The number of hydrogen-bond donors (Lipinski definition) is 3. The first-order valence-electron chi connectivity index (χ1n) is 6.19. The van der Waals surface area contributed by atoms with Crippen molar-refractivity contribution < 1.29 is 15.0 Å². The number of aromatic carboxylic acids is 1. The summed E-state index contributed by atoms with van der Waals surface area (Å²) in [5, 5.41) is 22.3. The molecule has 1 fully saturated rings. The Hall–Kier alpha value is -1.34. The van der Waals surface area contributed by atoms with Crippen molar-refractivity contribution in [1.82, 2.24) is 9.97 Å². The standard InChI is InChI=1S/C12H17N3O3S/c1-19-12-13-6-9(11(17)18)10(15-12)14-7-2-4-8(16)5-3-7/h6-8,16H,2-5H2,1H3,(H,17,18)(H,13,14,15)/t7-,8-. The van der Waals surface area contributed by atoms with Crippen LogP contribution in [0.25, 0.3) is 0 Å². The number of carboxylic acids is 1. The predicted molar refractivity (Wildman–Crippen MR) is 72.7 cm³/mol. The van der Waals surface area contributed by atoms with E-state index in [1.165, 1.54) is 18.0 Å². The largest absolute Gasteiger partial charge is 0.477 e. The lowest BCUT2D eigenvalue weighted by Crippen LogP contribution is -2.29. The SMILES string of the molecule is CSc1ncc(C(=O)O)c(N[C@H]2CC[C@H](O)CC2)n1. The normalized spacial score (nSPS) is 23.1. The van der Waals surface area contributed by atoms with Gasteiger partial charge in [-0.05, 0) is 31.9 Å². The van der Waals surface area contributed by atoms with E-state index in [9.17, 15) is 9.90 Å². The fourth-order valence-corrected chi connectivity index (χ4v) is 2.48. The van der Waals surface area contributed by atoms with Crippen molar-refractivity contribution in [3.05, 3.63) is 11.8 Å². The number of nitrogens with zero attached hydrogens (tertiary/aromatic N) is 2. The summed E-state index contributed by atoms with van der Waals surface area (Å²) in [4.78, 5) is 19.3. The van der Waals surface area contributed by atoms with Gasteiger partial charge in [0.05, 0.1) is 6.10 Å². The van der Waals surface area contributed by atoms with Crippen LogP contribution in [-0.4, -0.2) is 44.6 Å². The van der Waals surface area contributed by atoms with Crippen LogP contribution in [0, 0.1) is 0 Å². The van der Waals surface area contributed by atoms with Crippen LogP contribution in [0.5, 0.6) is 0 Å². The van der Waals surface area contributed by atoms with E-state index in [1.54, 1.807) is 0 Å². The topological polar surface area (TPSA) is 95.3 Å². The zero-order chi connectivity index (χ0) is 13.8. The van der Waals surface area contributed by atoms with E-state index in [4.69, 9.17) is 5.11 Å². The number of carbonyl (C=O) groups is 1. The number of aromatic nitrogens is 2. The monoisotopic (exact) mass is 283 g/mol. The Kier molecular flexibility index (Phi) is 4.60. The van der Waals surface area contributed by atoms with Gasteiger partial charge in [-0.3, -0.25) is 0 Å². The highest BCUT2D eigenvalue weighted by Crippen LogP contribution is 2.24. The zero-order valence-corrected chi connectivity index (χ0v) is 11.5. The van der Waals surface area contributed by atoms with E-state index in [1.807, 2.05) is 6.26 Å². The lowest BCUT2D eigenvalue weighted by Gasteiger charge is -2.27. The van der Waals surface area contributed by atoms with Gasteiger partial charge in [0.1, 0.15) is 11.4 Å². The molecule has 1 aromatic rings. The fraction of sp³-hybridized carbons (Fsp3) is 0.583. The maximum Gasteiger partial charge on any atom is 0.341 e. The van der Waals surface area contributed by atoms with Gasteiger partial charge in [-0.15, -0.1) is 0 Å². The van der Waals surface area contributed by atoms with Crippen LogP contribution in [0.3, 0.4) is 0 Å². The molecule has 0 radical (unpaired) electrons.